The Hall–Kier alpha value is -3.50. The Morgan fingerprint density at radius 1 is 1.14 bits per heavy atom. The van der Waals surface area contributed by atoms with Crippen LogP contribution >= 0.6 is 11.3 Å². The Balaban J connectivity index is 1.11. The van der Waals surface area contributed by atoms with Gasteiger partial charge in [-0.1, -0.05) is 13.0 Å². The first-order chi connectivity index (χ1) is 17.5. The number of thiophene rings is 1. The number of nitrogens with zero attached hydrogens (tertiary/aromatic N) is 4. The van der Waals surface area contributed by atoms with Gasteiger partial charge in [0.2, 0.25) is 5.95 Å². The first-order valence-electron chi connectivity index (χ1n) is 12.5. The standard InChI is InChI=1S/C26H30N8OS/c1-15-13-34(14-15)8-7-27-25(35)22-10-18-5-6-19(11-21(18)36-22)29-26-28-16(2)9-23(31-26)30-24-12-20(32-33-24)17-3-4-17/h5-6,9-12,15,17H,3-4,7-8,13-14H2,1-2H3,(H,27,35)(H3,28,29,30,31,32,33). The van der Waals surface area contributed by atoms with Crippen molar-refractivity contribution in [1.82, 2.24) is 30.4 Å². The lowest BCUT2D eigenvalue weighted by Crippen LogP contribution is -2.48. The maximum Gasteiger partial charge on any atom is 0.261 e. The van der Waals surface area contributed by atoms with E-state index in [0.29, 0.717) is 24.2 Å². The predicted octanol–water partition coefficient (Wildman–Crippen LogP) is 4.77. The summed E-state index contributed by atoms with van der Waals surface area (Å²) in [4.78, 5) is 24.9. The molecule has 0 atom stereocenters. The number of anilines is 4. The molecular formula is C26H30N8OS. The summed E-state index contributed by atoms with van der Waals surface area (Å²) in [6.45, 7) is 8.03. The molecule has 2 fully saturated rings. The second-order valence-electron chi connectivity index (χ2n) is 9.93. The van der Waals surface area contributed by atoms with Crippen molar-refractivity contribution in [1.29, 1.82) is 0 Å². The normalized spacial score (nSPS) is 16.2. The number of aromatic nitrogens is 4. The fraction of sp³-hybridized carbons (Fsp3) is 0.385. The third kappa shape index (κ3) is 5.19. The summed E-state index contributed by atoms with van der Waals surface area (Å²) in [6.07, 6.45) is 2.42. The molecule has 1 aromatic carbocycles. The quantitative estimate of drug-likeness (QED) is 0.261. The zero-order valence-corrected chi connectivity index (χ0v) is 21.3. The molecule has 1 saturated heterocycles. The van der Waals surface area contributed by atoms with Crippen molar-refractivity contribution in [2.45, 2.75) is 32.6 Å². The molecule has 0 spiro atoms. The zero-order chi connectivity index (χ0) is 24.6. The average Bonchev–Trinajstić information content (AvgIpc) is 3.42. The molecule has 6 rings (SSSR count). The van der Waals surface area contributed by atoms with Crippen LogP contribution in [0.5, 0.6) is 0 Å². The minimum Gasteiger partial charge on any atom is -0.350 e. The molecule has 3 aromatic heterocycles. The number of aryl methyl sites for hydroxylation is 1. The highest BCUT2D eigenvalue weighted by molar-refractivity contribution is 7.20. The summed E-state index contributed by atoms with van der Waals surface area (Å²) < 4.78 is 1.04. The lowest BCUT2D eigenvalue weighted by Gasteiger charge is -2.37. The highest BCUT2D eigenvalue weighted by Crippen LogP contribution is 2.39. The van der Waals surface area contributed by atoms with Crippen LogP contribution in [-0.2, 0) is 0 Å². The monoisotopic (exact) mass is 502 g/mol. The van der Waals surface area contributed by atoms with E-state index in [1.165, 1.54) is 24.2 Å². The first kappa shape index (κ1) is 22.9. The van der Waals surface area contributed by atoms with E-state index in [0.717, 1.165) is 63.4 Å². The number of carbonyl (C=O) groups excluding carboxylic acids is 1. The van der Waals surface area contributed by atoms with Gasteiger partial charge in [0.05, 0.1) is 10.6 Å². The number of H-pyrrole nitrogens is 1. The minimum absolute atomic E-state index is 0.0133. The van der Waals surface area contributed by atoms with Crippen LogP contribution in [0.2, 0.25) is 0 Å². The average molecular weight is 503 g/mol. The van der Waals surface area contributed by atoms with Crippen molar-refractivity contribution in [2.24, 2.45) is 5.92 Å². The molecule has 0 bridgehead atoms. The molecule has 1 aliphatic carbocycles. The molecule has 2 aliphatic rings. The van der Waals surface area contributed by atoms with E-state index in [1.807, 2.05) is 43.3 Å². The predicted molar refractivity (Wildman–Crippen MR) is 144 cm³/mol. The molecule has 1 saturated carbocycles. The zero-order valence-electron chi connectivity index (χ0n) is 20.5. The summed E-state index contributed by atoms with van der Waals surface area (Å²) >= 11 is 1.50. The van der Waals surface area contributed by atoms with Crippen LogP contribution in [0.3, 0.4) is 0 Å². The highest BCUT2D eigenvalue weighted by atomic mass is 32.1. The van der Waals surface area contributed by atoms with Crippen molar-refractivity contribution >= 4 is 50.6 Å². The maximum atomic E-state index is 12.6. The molecular weight excluding hydrogens is 472 g/mol. The van der Waals surface area contributed by atoms with E-state index in [-0.39, 0.29) is 5.91 Å². The van der Waals surface area contributed by atoms with E-state index < -0.39 is 0 Å². The van der Waals surface area contributed by atoms with Crippen LogP contribution in [0.1, 0.15) is 46.7 Å². The molecule has 4 N–H and O–H groups in total. The fourth-order valence-corrected chi connectivity index (χ4v) is 5.61. The van der Waals surface area contributed by atoms with Crippen molar-refractivity contribution in [3.63, 3.8) is 0 Å². The second kappa shape index (κ2) is 9.51. The summed E-state index contributed by atoms with van der Waals surface area (Å²) in [5.41, 5.74) is 2.82. The Labute approximate surface area is 213 Å². The number of benzene rings is 1. The van der Waals surface area contributed by atoms with Crippen LogP contribution in [0.25, 0.3) is 10.1 Å². The van der Waals surface area contributed by atoms with Crippen molar-refractivity contribution in [3.05, 3.63) is 52.7 Å². The van der Waals surface area contributed by atoms with Gasteiger partial charge in [-0.15, -0.1) is 11.3 Å². The molecule has 1 aliphatic heterocycles. The van der Waals surface area contributed by atoms with Crippen LogP contribution in [0.4, 0.5) is 23.3 Å². The Morgan fingerprint density at radius 2 is 2.00 bits per heavy atom. The molecule has 4 heterocycles. The van der Waals surface area contributed by atoms with Gasteiger partial charge in [0.15, 0.2) is 0 Å². The summed E-state index contributed by atoms with van der Waals surface area (Å²) in [5.74, 6) is 3.38. The van der Waals surface area contributed by atoms with Gasteiger partial charge < -0.3 is 20.9 Å². The van der Waals surface area contributed by atoms with E-state index in [1.54, 1.807) is 0 Å². The molecule has 4 aromatic rings. The summed E-state index contributed by atoms with van der Waals surface area (Å²) in [5, 5.41) is 18.1. The van der Waals surface area contributed by atoms with Gasteiger partial charge in [-0.25, -0.2) is 4.98 Å². The molecule has 10 heteroatoms. The molecule has 0 unspecified atom stereocenters. The number of rotatable bonds is 9. The SMILES string of the molecule is Cc1cc(Nc2cc(C3CC3)n[nH]2)nc(Nc2ccc3cc(C(=O)NCCN4CC(C)C4)sc3c2)n1. The van der Waals surface area contributed by atoms with E-state index >= 15 is 0 Å². The molecule has 36 heavy (non-hydrogen) atoms. The van der Waals surface area contributed by atoms with Crippen LogP contribution in [0.15, 0.2) is 36.4 Å². The lowest BCUT2D eigenvalue weighted by atomic mass is 10.0. The second-order valence-corrected chi connectivity index (χ2v) is 11.0. The van der Waals surface area contributed by atoms with Crippen molar-refractivity contribution in [3.8, 4) is 0 Å². The van der Waals surface area contributed by atoms with Gasteiger partial charge >= 0.3 is 0 Å². The van der Waals surface area contributed by atoms with Crippen LogP contribution < -0.4 is 16.0 Å². The van der Waals surface area contributed by atoms with E-state index in [9.17, 15) is 4.79 Å². The van der Waals surface area contributed by atoms with Gasteiger partial charge in [0, 0.05) is 60.3 Å². The highest BCUT2D eigenvalue weighted by Gasteiger charge is 2.26. The number of hydrogen-bond acceptors (Lipinski definition) is 8. The maximum absolute atomic E-state index is 12.6. The van der Waals surface area contributed by atoms with Crippen LogP contribution in [-0.4, -0.2) is 57.2 Å². The summed E-state index contributed by atoms with van der Waals surface area (Å²) in [7, 11) is 0. The third-order valence-electron chi connectivity index (χ3n) is 6.56. The number of fused-ring (bicyclic) bond motifs is 1. The third-order valence-corrected chi connectivity index (χ3v) is 7.66. The number of likely N-dealkylation sites (tertiary alicyclic amines) is 1. The van der Waals surface area contributed by atoms with Gasteiger partial charge in [-0.2, -0.15) is 10.1 Å². The lowest BCUT2D eigenvalue weighted by molar-refractivity contribution is 0.0914. The molecule has 186 valence electrons. The van der Waals surface area contributed by atoms with Gasteiger partial charge in [-0.05, 0) is 49.3 Å². The minimum atomic E-state index is -0.0133. The Bertz CT molecular complexity index is 1400. The number of aromatic amines is 1. The number of nitrogens with one attached hydrogen (secondary N) is 4. The Kier molecular flexibility index (Phi) is 6.06. The fourth-order valence-electron chi connectivity index (χ4n) is 4.59. The van der Waals surface area contributed by atoms with Crippen molar-refractivity contribution < 1.29 is 4.79 Å². The smallest absolute Gasteiger partial charge is 0.261 e. The Morgan fingerprint density at radius 3 is 2.81 bits per heavy atom. The largest absolute Gasteiger partial charge is 0.350 e. The topological polar surface area (TPSA) is 111 Å². The van der Waals surface area contributed by atoms with Gasteiger partial charge in [0.1, 0.15) is 11.6 Å². The van der Waals surface area contributed by atoms with E-state index in [4.69, 9.17) is 0 Å². The molecule has 9 nitrogen and oxygen atoms in total. The van der Waals surface area contributed by atoms with Crippen LogP contribution in [0, 0.1) is 12.8 Å². The number of carbonyl (C=O) groups is 1. The van der Waals surface area contributed by atoms with Crippen molar-refractivity contribution in [2.75, 3.05) is 36.8 Å². The van der Waals surface area contributed by atoms with E-state index in [2.05, 4.69) is 47.9 Å². The molecule has 0 radical (unpaired) electrons. The first-order valence-corrected chi connectivity index (χ1v) is 13.3. The number of hydrogen-bond donors (Lipinski definition) is 4. The van der Waals surface area contributed by atoms with Gasteiger partial charge in [-0.3, -0.25) is 9.89 Å². The summed E-state index contributed by atoms with van der Waals surface area (Å²) in [6, 6.07) is 11.9. The van der Waals surface area contributed by atoms with Gasteiger partial charge in [0.25, 0.3) is 5.91 Å². The molecule has 1 amide bonds. The number of amides is 1.